The van der Waals surface area contributed by atoms with Crippen LogP contribution in [0.4, 0.5) is 0 Å². The second-order valence-corrected chi connectivity index (χ2v) is 7.90. The highest BCUT2D eigenvalue weighted by Crippen LogP contribution is 2.26. The highest BCUT2D eigenvalue weighted by Gasteiger charge is 2.34. The molecule has 1 saturated heterocycles. The van der Waals surface area contributed by atoms with Gasteiger partial charge in [-0.05, 0) is 63.2 Å². The maximum Gasteiger partial charge on any atom is 0.191 e. The summed E-state index contributed by atoms with van der Waals surface area (Å²) in [5, 5.41) is 9.53. The zero-order valence-electron chi connectivity index (χ0n) is 18.1. The normalized spacial score (nSPS) is 17.6. The Labute approximate surface area is 192 Å². The smallest absolute Gasteiger partial charge is 0.191 e. The fraction of sp³-hybridized carbons (Fsp3) is 0.522. The Bertz CT molecular complexity index is 802. The second kappa shape index (κ2) is 11.1. The molecular formula is C23H35IN4O. The third-order valence-electron chi connectivity index (χ3n) is 5.87. The van der Waals surface area contributed by atoms with Crippen molar-refractivity contribution < 1.29 is 4.74 Å². The largest absolute Gasteiger partial charge is 0.381 e. The SMILES string of the molecule is CCNC(=NCC1(N(C)C)CCOCC1)NC(C)c1ccc2ccccc2c1.I. The standard InChI is InChI=1S/C23H34N4O.HI/c1-5-24-22(25-17-23(27(3)4)12-14-28-15-13-23)26-18(2)20-11-10-19-8-6-7-9-21(19)16-20;/h6-11,16,18H,5,12-15,17H2,1-4H3,(H2,24,25,26);1H. The lowest BCUT2D eigenvalue weighted by Crippen LogP contribution is -2.51. The minimum absolute atomic E-state index is 0. The number of halogens is 1. The van der Waals surface area contributed by atoms with Gasteiger partial charge in [0, 0.05) is 25.3 Å². The van der Waals surface area contributed by atoms with Crippen LogP contribution in [0.2, 0.25) is 0 Å². The number of aliphatic imine (C=N–C) groups is 1. The van der Waals surface area contributed by atoms with Crippen LogP contribution in [0.3, 0.4) is 0 Å². The molecule has 6 heteroatoms. The first kappa shape index (κ1) is 23.9. The molecule has 160 valence electrons. The molecule has 5 nitrogen and oxygen atoms in total. The molecule has 0 aromatic heterocycles. The van der Waals surface area contributed by atoms with E-state index in [0.717, 1.165) is 45.1 Å². The van der Waals surface area contributed by atoms with E-state index in [1.54, 1.807) is 0 Å². The van der Waals surface area contributed by atoms with Crippen LogP contribution in [-0.2, 0) is 4.74 Å². The third kappa shape index (κ3) is 6.06. The van der Waals surface area contributed by atoms with Gasteiger partial charge in [-0.15, -0.1) is 24.0 Å². The molecule has 0 aliphatic carbocycles. The number of guanidine groups is 1. The number of ether oxygens (including phenoxy) is 1. The Morgan fingerprint density at radius 1 is 1.14 bits per heavy atom. The van der Waals surface area contributed by atoms with E-state index in [1.165, 1.54) is 16.3 Å². The summed E-state index contributed by atoms with van der Waals surface area (Å²) in [6, 6.07) is 15.3. The average Bonchev–Trinajstić information content (AvgIpc) is 2.72. The first-order valence-electron chi connectivity index (χ1n) is 10.3. The summed E-state index contributed by atoms with van der Waals surface area (Å²) >= 11 is 0. The van der Waals surface area contributed by atoms with E-state index in [2.05, 4.69) is 85.9 Å². The predicted molar refractivity (Wildman–Crippen MR) is 133 cm³/mol. The van der Waals surface area contributed by atoms with Crippen LogP contribution >= 0.6 is 24.0 Å². The number of nitrogens with one attached hydrogen (secondary N) is 2. The molecule has 29 heavy (non-hydrogen) atoms. The van der Waals surface area contributed by atoms with Crippen LogP contribution in [0.1, 0.15) is 38.3 Å². The molecule has 2 aromatic carbocycles. The number of likely N-dealkylation sites (N-methyl/N-ethyl adjacent to an activating group) is 1. The van der Waals surface area contributed by atoms with Gasteiger partial charge in [-0.1, -0.05) is 36.4 Å². The quantitative estimate of drug-likeness (QED) is 0.348. The highest BCUT2D eigenvalue weighted by molar-refractivity contribution is 14.0. The molecule has 2 aromatic rings. The van der Waals surface area contributed by atoms with Crippen molar-refractivity contribution in [3.63, 3.8) is 0 Å². The number of nitrogens with zero attached hydrogens (tertiary/aromatic N) is 2. The van der Waals surface area contributed by atoms with E-state index in [0.29, 0.717) is 0 Å². The Morgan fingerprint density at radius 2 is 1.83 bits per heavy atom. The van der Waals surface area contributed by atoms with Gasteiger partial charge in [-0.2, -0.15) is 0 Å². The average molecular weight is 510 g/mol. The number of benzene rings is 2. The molecule has 0 radical (unpaired) electrons. The van der Waals surface area contributed by atoms with E-state index in [4.69, 9.17) is 9.73 Å². The van der Waals surface area contributed by atoms with Crippen LogP contribution in [0, 0.1) is 0 Å². The zero-order valence-corrected chi connectivity index (χ0v) is 20.4. The van der Waals surface area contributed by atoms with Crippen molar-refractivity contribution in [1.82, 2.24) is 15.5 Å². The van der Waals surface area contributed by atoms with Gasteiger partial charge in [0.2, 0.25) is 0 Å². The Kier molecular flexibility index (Phi) is 9.17. The van der Waals surface area contributed by atoms with E-state index >= 15 is 0 Å². The Hall–Kier alpha value is -1.38. The van der Waals surface area contributed by atoms with E-state index in [9.17, 15) is 0 Å². The molecule has 1 aliphatic heterocycles. The summed E-state index contributed by atoms with van der Waals surface area (Å²) in [6.45, 7) is 7.52. The van der Waals surface area contributed by atoms with Crippen molar-refractivity contribution in [2.24, 2.45) is 4.99 Å². The van der Waals surface area contributed by atoms with Crippen LogP contribution in [0.5, 0.6) is 0 Å². The minimum Gasteiger partial charge on any atom is -0.381 e. The van der Waals surface area contributed by atoms with Crippen LogP contribution < -0.4 is 10.6 Å². The first-order chi connectivity index (χ1) is 13.5. The molecule has 2 N–H and O–H groups in total. The summed E-state index contributed by atoms with van der Waals surface area (Å²) in [6.07, 6.45) is 2.03. The summed E-state index contributed by atoms with van der Waals surface area (Å²) in [5.41, 5.74) is 1.34. The first-order valence-corrected chi connectivity index (χ1v) is 10.3. The van der Waals surface area contributed by atoms with Gasteiger partial charge >= 0.3 is 0 Å². The van der Waals surface area contributed by atoms with Gasteiger partial charge in [-0.25, -0.2) is 0 Å². The molecule has 1 fully saturated rings. The molecule has 0 bridgehead atoms. The van der Waals surface area contributed by atoms with Crippen molar-refractivity contribution >= 4 is 40.7 Å². The lowest BCUT2D eigenvalue weighted by Gasteiger charge is -2.41. The van der Waals surface area contributed by atoms with Gasteiger partial charge < -0.3 is 20.3 Å². The summed E-state index contributed by atoms with van der Waals surface area (Å²) in [7, 11) is 4.30. The van der Waals surface area contributed by atoms with E-state index < -0.39 is 0 Å². The number of hydrogen-bond acceptors (Lipinski definition) is 3. The molecular weight excluding hydrogens is 475 g/mol. The van der Waals surface area contributed by atoms with Crippen molar-refractivity contribution in [3.8, 4) is 0 Å². The lowest BCUT2D eigenvalue weighted by atomic mass is 9.89. The van der Waals surface area contributed by atoms with E-state index in [1.807, 2.05) is 0 Å². The molecule has 1 atom stereocenters. The molecule has 1 heterocycles. The second-order valence-electron chi connectivity index (χ2n) is 7.90. The summed E-state index contributed by atoms with van der Waals surface area (Å²) < 4.78 is 5.58. The van der Waals surface area contributed by atoms with Gasteiger partial charge in [-0.3, -0.25) is 4.99 Å². The number of rotatable bonds is 6. The predicted octanol–water partition coefficient (Wildman–Crippen LogP) is 4.18. The monoisotopic (exact) mass is 510 g/mol. The highest BCUT2D eigenvalue weighted by atomic mass is 127. The third-order valence-corrected chi connectivity index (χ3v) is 5.87. The lowest BCUT2D eigenvalue weighted by molar-refractivity contribution is -0.00255. The van der Waals surface area contributed by atoms with Gasteiger partial charge in [0.05, 0.1) is 12.6 Å². The van der Waals surface area contributed by atoms with Crippen molar-refractivity contribution in [3.05, 3.63) is 48.0 Å². The summed E-state index contributed by atoms with van der Waals surface area (Å²) in [5.74, 6) is 0.871. The van der Waals surface area contributed by atoms with Crippen LogP contribution in [-0.4, -0.2) is 56.8 Å². The van der Waals surface area contributed by atoms with Crippen molar-refractivity contribution in [2.45, 2.75) is 38.3 Å². The van der Waals surface area contributed by atoms with Crippen LogP contribution in [0.15, 0.2) is 47.5 Å². The Morgan fingerprint density at radius 3 is 2.48 bits per heavy atom. The maximum absolute atomic E-state index is 5.58. The van der Waals surface area contributed by atoms with Crippen molar-refractivity contribution in [2.75, 3.05) is 40.4 Å². The number of fused-ring (bicyclic) bond motifs is 1. The Balaban J connectivity index is 0.00000300. The summed E-state index contributed by atoms with van der Waals surface area (Å²) in [4.78, 5) is 7.27. The van der Waals surface area contributed by atoms with Crippen LogP contribution in [0.25, 0.3) is 10.8 Å². The molecule has 0 saturated carbocycles. The molecule has 1 unspecified atom stereocenters. The van der Waals surface area contributed by atoms with Gasteiger partial charge in [0.25, 0.3) is 0 Å². The van der Waals surface area contributed by atoms with Gasteiger partial charge in [0.15, 0.2) is 5.96 Å². The molecule has 1 aliphatic rings. The molecule has 0 amide bonds. The topological polar surface area (TPSA) is 48.9 Å². The van der Waals surface area contributed by atoms with Crippen molar-refractivity contribution in [1.29, 1.82) is 0 Å². The molecule has 3 rings (SSSR count). The fourth-order valence-corrected chi connectivity index (χ4v) is 3.81. The number of hydrogen-bond donors (Lipinski definition) is 2. The maximum atomic E-state index is 5.58. The zero-order chi connectivity index (χ0) is 20.0. The molecule has 0 spiro atoms. The van der Waals surface area contributed by atoms with Gasteiger partial charge in [0.1, 0.15) is 0 Å². The fourth-order valence-electron chi connectivity index (χ4n) is 3.81. The minimum atomic E-state index is 0. The van der Waals surface area contributed by atoms with E-state index in [-0.39, 0.29) is 35.6 Å².